The number of hydrogen-bond donors (Lipinski definition) is 1. The molecule has 0 fully saturated rings. The molecule has 9 heteroatoms. The Bertz CT molecular complexity index is 1300. The summed E-state index contributed by atoms with van der Waals surface area (Å²) in [5, 5.41) is 18.0. The summed E-state index contributed by atoms with van der Waals surface area (Å²) in [6.07, 6.45) is 0. The molecule has 3 aromatic heterocycles. The summed E-state index contributed by atoms with van der Waals surface area (Å²) in [5.74, 6) is 1.46. The molecule has 0 atom stereocenters. The van der Waals surface area contributed by atoms with Gasteiger partial charge in [0.1, 0.15) is 11.6 Å². The third kappa shape index (κ3) is 3.46. The van der Waals surface area contributed by atoms with E-state index >= 15 is 0 Å². The largest absolute Gasteiger partial charge is 0.497 e. The van der Waals surface area contributed by atoms with Crippen molar-refractivity contribution in [2.24, 2.45) is 0 Å². The van der Waals surface area contributed by atoms with Crippen LogP contribution in [-0.4, -0.2) is 31.9 Å². The van der Waals surface area contributed by atoms with Crippen LogP contribution >= 0.6 is 11.3 Å². The van der Waals surface area contributed by atoms with E-state index in [9.17, 15) is 4.39 Å². The van der Waals surface area contributed by atoms with Crippen molar-refractivity contribution in [3.63, 3.8) is 0 Å². The molecule has 0 amide bonds. The van der Waals surface area contributed by atoms with E-state index < -0.39 is 0 Å². The van der Waals surface area contributed by atoms with Gasteiger partial charge in [-0.05, 0) is 60.7 Å². The quantitative estimate of drug-likeness (QED) is 0.442. The van der Waals surface area contributed by atoms with Gasteiger partial charge in [0.05, 0.1) is 18.5 Å². The fourth-order valence-corrected chi connectivity index (χ4v) is 3.81. The van der Waals surface area contributed by atoms with Gasteiger partial charge in [-0.1, -0.05) is 0 Å². The highest BCUT2D eigenvalue weighted by Gasteiger charge is 2.12. The summed E-state index contributed by atoms with van der Waals surface area (Å²) < 4.78 is 20.1. The second kappa shape index (κ2) is 7.53. The van der Waals surface area contributed by atoms with E-state index in [0.717, 1.165) is 33.2 Å². The van der Waals surface area contributed by atoms with Gasteiger partial charge in [-0.25, -0.2) is 8.91 Å². The lowest BCUT2D eigenvalue weighted by Gasteiger charge is -2.04. The third-order valence-corrected chi connectivity index (χ3v) is 5.33. The number of anilines is 2. The molecule has 0 aliphatic heterocycles. The summed E-state index contributed by atoms with van der Waals surface area (Å²) in [5.41, 5.74) is 3.40. The first-order valence-corrected chi connectivity index (χ1v) is 9.93. The normalized spacial score (nSPS) is 11.0. The molecular formula is C21H15FN6OS. The van der Waals surface area contributed by atoms with Crippen molar-refractivity contribution in [1.29, 1.82) is 0 Å². The van der Waals surface area contributed by atoms with Crippen molar-refractivity contribution in [3.05, 3.63) is 71.9 Å². The van der Waals surface area contributed by atoms with Crippen molar-refractivity contribution in [2.75, 3.05) is 12.4 Å². The molecule has 148 valence electrons. The number of nitrogens with zero attached hydrogens (tertiary/aromatic N) is 5. The molecule has 0 aliphatic rings. The van der Waals surface area contributed by atoms with Gasteiger partial charge in [-0.2, -0.15) is 4.98 Å². The second-order valence-corrected chi connectivity index (χ2v) is 7.25. The number of methoxy groups -OCH3 is 1. The molecule has 5 rings (SSSR count). The van der Waals surface area contributed by atoms with E-state index in [2.05, 4.69) is 25.6 Å². The smallest absolute Gasteiger partial charge is 0.249 e. The third-order valence-electron chi connectivity index (χ3n) is 4.51. The minimum atomic E-state index is -0.275. The van der Waals surface area contributed by atoms with Crippen molar-refractivity contribution < 1.29 is 9.13 Å². The zero-order chi connectivity index (χ0) is 20.5. The molecule has 0 bridgehead atoms. The van der Waals surface area contributed by atoms with Crippen LogP contribution in [0.4, 0.5) is 16.2 Å². The molecule has 1 N–H and O–H groups in total. The number of nitrogens with one attached hydrogen (secondary N) is 1. The maximum absolute atomic E-state index is 13.2. The van der Waals surface area contributed by atoms with E-state index in [1.165, 1.54) is 23.5 Å². The van der Waals surface area contributed by atoms with Crippen LogP contribution in [0.15, 0.2) is 66.0 Å². The van der Waals surface area contributed by atoms with Crippen LogP contribution in [0, 0.1) is 5.82 Å². The van der Waals surface area contributed by atoms with Gasteiger partial charge in [0.25, 0.3) is 0 Å². The Morgan fingerprint density at radius 1 is 0.933 bits per heavy atom. The van der Waals surface area contributed by atoms with Crippen LogP contribution in [0.3, 0.4) is 0 Å². The molecule has 0 saturated carbocycles. The molecule has 5 aromatic rings. The fourth-order valence-electron chi connectivity index (χ4n) is 2.98. The first-order valence-electron chi connectivity index (χ1n) is 9.05. The standard InChI is InChI=1S/C21H15FN6OS/c1-29-16-8-4-13(5-9-16)17-10-11-19(26-25-17)23-20-24-21-28(27-20)18(12-30-21)14-2-6-15(22)7-3-14/h2-12H,1H3,(H,23,26,27). The SMILES string of the molecule is COc1ccc(-c2ccc(Nc3nc4scc(-c5ccc(F)cc5)n4n3)nn2)cc1. The van der Waals surface area contributed by atoms with E-state index in [-0.39, 0.29) is 5.82 Å². The first kappa shape index (κ1) is 18.2. The molecule has 0 aliphatic carbocycles. The molecule has 0 spiro atoms. The molecule has 3 heterocycles. The Labute approximate surface area is 174 Å². The van der Waals surface area contributed by atoms with Gasteiger partial charge in [0.15, 0.2) is 5.82 Å². The minimum Gasteiger partial charge on any atom is -0.497 e. The molecule has 0 radical (unpaired) electrons. The Morgan fingerprint density at radius 2 is 1.70 bits per heavy atom. The van der Waals surface area contributed by atoms with Gasteiger partial charge in [0.2, 0.25) is 10.9 Å². The predicted molar refractivity (Wildman–Crippen MR) is 114 cm³/mol. The summed E-state index contributed by atoms with van der Waals surface area (Å²) in [6.45, 7) is 0. The average Bonchev–Trinajstić information content (AvgIpc) is 3.35. The van der Waals surface area contributed by atoms with E-state index in [0.29, 0.717) is 11.8 Å². The number of rotatable bonds is 5. The maximum Gasteiger partial charge on any atom is 0.249 e. The van der Waals surface area contributed by atoms with E-state index in [4.69, 9.17) is 4.74 Å². The molecular weight excluding hydrogens is 403 g/mol. The predicted octanol–water partition coefficient (Wildman–Crippen LogP) is 4.81. The Morgan fingerprint density at radius 3 is 2.40 bits per heavy atom. The lowest BCUT2D eigenvalue weighted by molar-refractivity contribution is 0.415. The van der Waals surface area contributed by atoms with Crippen molar-refractivity contribution in [3.8, 4) is 28.3 Å². The highest BCUT2D eigenvalue weighted by molar-refractivity contribution is 7.15. The Balaban J connectivity index is 1.37. The van der Waals surface area contributed by atoms with E-state index in [1.54, 1.807) is 23.8 Å². The Kier molecular flexibility index (Phi) is 4.56. The summed E-state index contributed by atoms with van der Waals surface area (Å²) in [7, 11) is 1.63. The monoisotopic (exact) mass is 418 g/mol. The number of thiazole rings is 1. The van der Waals surface area contributed by atoms with Gasteiger partial charge in [-0.15, -0.1) is 26.6 Å². The Hall–Kier alpha value is -3.85. The van der Waals surface area contributed by atoms with Gasteiger partial charge < -0.3 is 10.1 Å². The summed E-state index contributed by atoms with van der Waals surface area (Å²) >= 11 is 1.46. The minimum absolute atomic E-state index is 0.275. The number of halogens is 1. The van der Waals surface area contributed by atoms with Crippen molar-refractivity contribution in [2.45, 2.75) is 0 Å². The maximum atomic E-state index is 13.2. The molecule has 7 nitrogen and oxygen atoms in total. The van der Waals surface area contributed by atoms with Crippen LogP contribution < -0.4 is 10.1 Å². The lowest BCUT2D eigenvalue weighted by atomic mass is 10.1. The zero-order valence-electron chi connectivity index (χ0n) is 15.8. The number of aromatic nitrogens is 5. The van der Waals surface area contributed by atoms with Crippen LogP contribution in [0.25, 0.3) is 27.5 Å². The van der Waals surface area contributed by atoms with Gasteiger partial charge in [-0.3, -0.25) is 0 Å². The van der Waals surface area contributed by atoms with Crippen molar-refractivity contribution >= 4 is 28.1 Å². The molecule has 0 saturated heterocycles. The lowest BCUT2D eigenvalue weighted by Crippen LogP contribution is -1.98. The highest BCUT2D eigenvalue weighted by atomic mass is 32.1. The number of ether oxygens (including phenoxy) is 1. The summed E-state index contributed by atoms with van der Waals surface area (Å²) in [4.78, 5) is 5.20. The average molecular weight is 418 g/mol. The van der Waals surface area contributed by atoms with Crippen LogP contribution in [0.5, 0.6) is 5.75 Å². The molecule has 0 unspecified atom stereocenters. The van der Waals surface area contributed by atoms with Crippen molar-refractivity contribution in [1.82, 2.24) is 24.8 Å². The van der Waals surface area contributed by atoms with Gasteiger partial charge >= 0.3 is 0 Å². The molecule has 2 aromatic carbocycles. The fraction of sp³-hybridized carbons (Fsp3) is 0.0476. The second-order valence-electron chi connectivity index (χ2n) is 6.41. The molecule has 30 heavy (non-hydrogen) atoms. The summed E-state index contributed by atoms with van der Waals surface area (Å²) in [6, 6.07) is 17.6. The van der Waals surface area contributed by atoms with Crippen LogP contribution in [0.1, 0.15) is 0 Å². The first-order chi connectivity index (χ1) is 14.7. The van der Waals surface area contributed by atoms with E-state index in [1.807, 2.05) is 41.8 Å². The number of fused-ring (bicyclic) bond motifs is 1. The highest BCUT2D eigenvalue weighted by Crippen LogP contribution is 2.27. The topological polar surface area (TPSA) is 77.2 Å². The van der Waals surface area contributed by atoms with Crippen LogP contribution in [0.2, 0.25) is 0 Å². The van der Waals surface area contributed by atoms with Crippen LogP contribution in [-0.2, 0) is 0 Å². The number of benzene rings is 2. The number of hydrogen-bond acceptors (Lipinski definition) is 7. The zero-order valence-corrected chi connectivity index (χ0v) is 16.6. The van der Waals surface area contributed by atoms with Gasteiger partial charge in [0, 0.05) is 16.5 Å².